The summed E-state index contributed by atoms with van der Waals surface area (Å²) >= 11 is 0. The molecule has 0 aliphatic carbocycles. The van der Waals surface area contributed by atoms with Crippen LogP contribution in [-0.4, -0.2) is 41.5 Å². The topological polar surface area (TPSA) is 45.2 Å². The molecule has 1 fully saturated rings. The number of amides is 1. The number of piperazine rings is 1. The van der Waals surface area contributed by atoms with Crippen molar-refractivity contribution >= 4 is 52.4 Å². The second-order valence-corrected chi connectivity index (χ2v) is 6.15. The molecule has 1 saturated heterocycles. The first-order valence-corrected chi connectivity index (χ1v) is 8.03. The van der Waals surface area contributed by atoms with Gasteiger partial charge in [-0.2, -0.15) is 0 Å². The summed E-state index contributed by atoms with van der Waals surface area (Å²) in [6.07, 6.45) is 1.76. The van der Waals surface area contributed by atoms with Gasteiger partial charge in [-0.05, 0) is 29.8 Å². The fraction of sp³-hybridized carbons (Fsp3) is 0.263. The van der Waals surface area contributed by atoms with Gasteiger partial charge in [-0.25, -0.2) is 0 Å². The lowest BCUT2D eigenvalue weighted by Gasteiger charge is -2.32. The number of hydrogen-bond acceptors (Lipinski definition) is 3. The van der Waals surface area contributed by atoms with Crippen molar-refractivity contribution in [2.45, 2.75) is 13.0 Å². The molecule has 2 heterocycles. The number of nitrogens with zero attached hydrogens (tertiary/aromatic N) is 2. The number of carbonyl (C=O) groups is 1. The molecule has 4 rings (SSSR count). The minimum Gasteiger partial charge on any atom is -0.336 e. The number of benzene rings is 2. The number of carbonyl (C=O) groups excluding carboxylic acids is 1. The maximum atomic E-state index is 13.1. The molecule has 1 unspecified atom stereocenters. The van der Waals surface area contributed by atoms with Crippen molar-refractivity contribution < 1.29 is 4.79 Å². The Bertz CT molecular complexity index is 900. The van der Waals surface area contributed by atoms with Gasteiger partial charge in [-0.3, -0.25) is 9.78 Å². The van der Waals surface area contributed by atoms with Crippen LogP contribution >= 0.6 is 24.8 Å². The average molecular weight is 378 g/mol. The fourth-order valence-corrected chi connectivity index (χ4v) is 3.38. The summed E-state index contributed by atoms with van der Waals surface area (Å²) in [6.45, 7) is 4.42. The Morgan fingerprint density at radius 3 is 2.72 bits per heavy atom. The summed E-state index contributed by atoms with van der Waals surface area (Å²) < 4.78 is 0. The second-order valence-electron chi connectivity index (χ2n) is 6.15. The molecule has 4 nitrogen and oxygen atoms in total. The Morgan fingerprint density at radius 2 is 1.92 bits per heavy atom. The molecule has 1 aliphatic heterocycles. The van der Waals surface area contributed by atoms with E-state index in [4.69, 9.17) is 0 Å². The smallest absolute Gasteiger partial charge is 0.256 e. The fourth-order valence-electron chi connectivity index (χ4n) is 3.38. The maximum absolute atomic E-state index is 13.1. The molecule has 3 aromatic rings. The van der Waals surface area contributed by atoms with Gasteiger partial charge in [0.2, 0.25) is 0 Å². The number of halogens is 2. The Kier molecular flexibility index (Phi) is 6.22. The van der Waals surface area contributed by atoms with E-state index < -0.39 is 0 Å². The van der Waals surface area contributed by atoms with E-state index in [9.17, 15) is 4.79 Å². The molecular formula is C19H21Cl2N3O. The third-order valence-corrected chi connectivity index (χ3v) is 4.50. The molecule has 1 N–H and O–H groups in total. The van der Waals surface area contributed by atoms with E-state index in [0.29, 0.717) is 11.6 Å². The SMILES string of the molecule is CC1CN(C(=O)c2cc3ccccc3c3cccnc23)CCN1.Cl.Cl. The van der Waals surface area contributed by atoms with Crippen molar-refractivity contribution in [2.24, 2.45) is 0 Å². The number of nitrogens with one attached hydrogen (secondary N) is 1. The molecule has 1 aromatic heterocycles. The van der Waals surface area contributed by atoms with Gasteiger partial charge in [-0.15, -0.1) is 24.8 Å². The lowest BCUT2D eigenvalue weighted by Crippen LogP contribution is -2.51. The molecule has 1 atom stereocenters. The van der Waals surface area contributed by atoms with Gasteiger partial charge in [0.25, 0.3) is 5.91 Å². The summed E-state index contributed by atoms with van der Waals surface area (Å²) in [6, 6.07) is 14.4. The van der Waals surface area contributed by atoms with Crippen LogP contribution in [0.4, 0.5) is 0 Å². The minimum atomic E-state index is 0. The molecule has 2 aromatic carbocycles. The Hall–Kier alpha value is -1.88. The van der Waals surface area contributed by atoms with Gasteiger partial charge in [0.05, 0.1) is 11.1 Å². The first kappa shape index (κ1) is 19.4. The molecular weight excluding hydrogens is 357 g/mol. The first-order valence-electron chi connectivity index (χ1n) is 8.03. The van der Waals surface area contributed by atoms with E-state index in [-0.39, 0.29) is 30.7 Å². The number of rotatable bonds is 1. The maximum Gasteiger partial charge on any atom is 0.256 e. The highest BCUT2D eigenvalue weighted by Crippen LogP contribution is 2.28. The van der Waals surface area contributed by atoms with Crippen LogP contribution in [0.25, 0.3) is 21.7 Å². The van der Waals surface area contributed by atoms with Crippen LogP contribution < -0.4 is 5.32 Å². The first-order chi connectivity index (χ1) is 11.2. The second kappa shape index (κ2) is 8.00. The summed E-state index contributed by atoms with van der Waals surface area (Å²) in [5.74, 6) is 0.0767. The molecule has 1 aliphatic rings. The molecule has 25 heavy (non-hydrogen) atoms. The normalized spacial score (nSPS) is 17.0. The average Bonchev–Trinajstić information content (AvgIpc) is 2.60. The zero-order chi connectivity index (χ0) is 15.8. The standard InChI is InChI=1S/C19H19N3O.2ClH/c1-13-12-22(10-9-20-13)19(23)17-11-14-5-2-3-6-15(14)16-7-4-8-21-18(16)17;;/h2-8,11,13,20H,9-10,12H2,1H3;2*1H. The largest absolute Gasteiger partial charge is 0.336 e. The molecule has 0 saturated carbocycles. The molecule has 0 spiro atoms. The van der Waals surface area contributed by atoms with Crippen LogP contribution in [0.3, 0.4) is 0 Å². The van der Waals surface area contributed by atoms with Crippen LogP contribution in [0.2, 0.25) is 0 Å². The van der Waals surface area contributed by atoms with E-state index in [1.807, 2.05) is 35.2 Å². The van der Waals surface area contributed by atoms with Gasteiger partial charge < -0.3 is 10.2 Å². The van der Waals surface area contributed by atoms with Gasteiger partial charge in [-0.1, -0.05) is 30.3 Å². The Morgan fingerprint density at radius 1 is 1.16 bits per heavy atom. The summed E-state index contributed by atoms with van der Waals surface area (Å²) in [7, 11) is 0. The van der Waals surface area contributed by atoms with Crippen molar-refractivity contribution in [1.29, 1.82) is 0 Å². The molecule has 0 radical (unpaired) electrons. The lowest BCUT2D eigenvalue weighted by molar-refractivity contribution is 0.0711. The van der Waals surface area contributed by atoms with E-state index in [0.717, 1.165) is 41.3 Å². The summed E-state index contributed by atoms with van der Waals surface area (Å²) in [5, 5.41) is 6.64. The van der Waals surface area contributed by atoms with Crippen molar-refractivity contribution in [3.8, 4) is 0 Å². The quantitative estimate of drug-likeness (QED) is 0.658. The van der Waals surface area contributed by atoms with E-state index in [1.54, 1.807) is 6.20 Å². The van der Waals surface area contributed by atoms with Crippen LogP contribution in [0.5, 0.6) is 0 Å². The number of pyridine rings is 1. The lowest BCUT2D eigenvalue weighted by atomic mass is 9.99. The minimum absolute atomic E-state index is 0. The third-order valence-electron chi connectivity index (χ3n) is 4.50. The monoisotopic (exact) mass is 377 g/mol. The van der Waals surface area contributed by atoms with E-state index in [1.165, 1.54) is 0 Å². The van der Waals surface area contributed by atoms with Crippen molar-refractivity contribution in [2.75, 3.05) is 19.6 Å². The number of hydrogen-bond donors (Lipinski definition) is 1. The van der Waals surface area contributed by atoms with Crippen LogP contribution in [0.1, 0.15) is 17.3 Å². The van der Waals surface area contributed by atoms with Gasteiger partial charge in [0.15, 0.2) is 0 Å². The highest BCUT2D eigenvalue weighted by atomic mass is 35.5. The number of aromatic nitrogens is 1. The zero-order valence-electron chi connectivity index (χ0n) is 13.9. The van der Waals surface area contributed by atoms with E-state index in [2.05, 4.69) is 29.4 Å². The predicted molar refractivity (Wildman–Crippen MR) is 107 cm³/mol. The summed E-state index contributed by atoms with van der Waals surface area (Å²) in [5.41, 5.74) is 1.50. The van der Waals surface area contributed by atoms with Gasteiger partial charge in [0, 0.05) is 37.3 Å². The third kappa shape index (κ3) is 3.56. The van der Waals surface area contributed by atoms with Gasteiger partial charge >= 0.3 is 0 Å². The molecule has 1 amide bonds. The van der Waals surface area contributed by atoms with Crippen molar-refractivity contribution in [3.05, 3.63) is 54.2 Å². The highest BCUT2D eigenvalue weighted by molar-refractivity contribution is 6.15. The molecule has 6 heteroatoms. The Balaban J connectivity index is 0.00000113. The number of fused-ring (bicyclic) bond motifs is 3. The molecule has 132 valence electrons. The van der Waals surface area contributed by atoms with Crippen molar-refractivity contribution in [1.82, 2.24) is 15.2 Å². The predicted octanol–water partition coefficient (Wildman–Crippen LogP) is 3.67. The molecule has 0 bridgehead atoms. The summed E-state index contributed by atoms with van der Waals surface area (Å²) in [4.78, 5) is 19.5. The highest BCUT2D eigenvalue weighted by Gasteiger charge is 2.24. The van der Waals surface area contributed by atoms with E-state index >= 15 is 0 Å². The van der Waals surface area contributed by atoms with Crippen LogP contribution in [0.15, 0.2) is 48.7 Å². The van der Waals surface area contributed by atoms with Crippen LogP contribution in [-0.2, 0) is 0 Å². The zero-order valence-corrected chi connectivity index (χ0v) is 15.6. The van der Waals surface area contributed by atoms with Crippen LogP contribution in [0, 0.1) is 0 Å². The van der Waals surface area contributed by atoms with Crippen molar-refractivity contribution in [3.63, 3.8) is 0 Å². The Labute approximate surface area is 159 Å². The van der Waals surface area contributed by atoms with Gasteiger partial charge in [0.1, 0.15) is 0 Å².